The average Bonchev–Trinajstić information content (AvgIpc) is 3.19. The molecule has 1 unspecified atom stereocenters. The van der Waals surface area contributed by atoms with Gasteiger partial charge in [0.1, 0.15) is 23.0 Å². The van der Waals surface area contributed by atoms with Gasteiger partial charge in [-0.25, -0.2) is 0 Å². The lowest BCUT2D eigenvalue weighted by Crippen LogP contribution is -2.29. The third-order valence-electron chi connectivity index (χ3n) is 6.48. The molecule has 0 radical (unpaired) electrons. The molecular weight excluding hydrogens is 480 g/mol. The van der Waals surface area contributed by atoms with Gasteiger partial charge in [0, 0.05) is 24.5 Å². The standard InChI is InChI=1S/C31H26N2O5/c1-20-17-24(37-2)11-12-26(20)29(34)27-28(33(31(36)30(27)35)19-21-13-15-32-16-14-21)22-7-6-10-25(18-22)38-23-8-4-3-5-9-23/h3-18,28,34H,19H2,1-2H3/b29-27+. The molecule has 1 aliphatic rings. The number of pyridine rings is 1. The molecule has 4 aromatic rings. The van der Waals surface area contributed by atoms with Crippen LogP contribution in [0.25, 0.3) is 5.76 Å². The number of ketones is 1. The van der Waals surface area contributed by atoms with Gasteiger partial charge in [0.25, 0.3) is 11.7 Å². The number of hydrogen-bond acceptors (Lipinski definition) is 6. The van der Waals surface area contributed by atoms with Crippen molar-refractivity contribution < 1.29 is 24.2 Å². The van der Waals surface area contributed by atoms with E-state index in [0.717, 1.165) is 5.56 Å². The molecule has 1 atom stereocenters. The lowest BCUT2D eigenvalue weighted by Gasteiger charge is -2.26. The van der Waals surface area contributed by atoms with Crippen LogP contribution in [0.1, 0.15) is 28.3 Å². The van der Waals surface area contributed by atoms with Crippen molar-refractivity contribution in [2.24, 2.45) is 0 Å². The molecule has 3 aromatic carbocycles. The highest BCUT2D eigenvalue weighted by Gasteiger charge is 2.46. The highest BCUT2D eigenvalue weighted by molar-refractivity contribution is 6.46. The molecule has 1 aliphatic heterocycles. The zero-order valence-electron chi connectivity index (χ0n) is 21.0. The summed E-state index contributed by atoms with van der Waals surface area (Å²) >= 11 is 0. The van der Waals surface area contributed by atoms with Gasteiger partial charge in [-0.1, -0.05) is 30.3 Å². The molecule has 0 aliphatic carbocycles. The molecule has 1 saturated heterocycles. The summed E-state index contributed by atoms with van der Waals surface area (Å²) in [6.07, 6.45) is 3.27. The smallest absolute Gasteiger partial charge is 0.295 e. The van der Waals surface area contributed by atoms with Gasteiger partial charge >= 0.3 is 0 Å². The number of carbonyl (C=O) groups excluding carboxylic acids is 2. The van der Waals surface area contributed by atoms with E-state index in [1.165, 1.54) is 4.90 Å². The van der Waals surface area contributed by atoms with Gasteiger partial charge < -0.3 is 19.5 Å². The minimum absolute atomic E-state index is 0.0224. The van der Waals surface area contributed by atoms with E-state index in [-0.39, 0.29) is 17.9 Å². The van der Waals surface area contributed by atoms with Crippen molar-refractivity contribution in [1.29, 1.82) is 0 Å². The first kappa shape index (κ1) is 24.8. The van der Waals surface area contributed by atoms with Gasteiger partial charge in [-0.05, 0) is 78.2 Å². The Morgan fingerprint density at radius 1 is 0.895 bits per heavy atom. The Kier molecular flexibility index (Phi) is 6.91. The van der Waals surface area contributed by atoms with Gasteiger partial charge in [0.2, 0.25) is 0 Å². The number of aliphatic hydroxyl groups is 1. The molecule has 5 rings (SSSR count). The maximum absolute atomic E-state index is 13.4. The molecule has 38 heavy (non-hydrogen) atoms. The van der Waals surface area contributed by atoms with Gasteiger partial charge in [-0.15, -0.1) is 0 Å². The quantitative estimate of drug-likeness (QED) is 0.193. The van der Waals surface area contributed by atoms with Gasteiger partial charge in [0.15, 0.2) is 0 Å². The number of hydrogen-bond donors (Lipinski definition) is 1. The number of benzene rings is 3. The molecule has 0 saturated carbocycles. The van der Waals surface area contributed by atoms with E-state index in [0.29, 0.717) is 33.9 Å². The van der Waals surface area contributed by atoms with Crippen LogP contribution in [0.3, 0.4) is 0 Å². The Balaban J connectivity index is 1.63. The summed E-state index contributed by atoms with van der Waals surface area (Å²) in [4.78, 5) is 32.3. The Morgan fingerprint density at radius 3 is 2.34 bits per heavy atom. The van der Waals surface area contributed by atoms with Crippen LogP contribution in [-0.2, 0) is 16.1 Å². The second-order valence-corrected chi connectivity index (χ2v) is 8.95. The second-order valence-electron chi connectivity index (χ2n) is 8.95. The summed E-state index contributed by atoms with van der Waals surface area (Å²) in [6.45, 7) is 1.98. The van der Waals surface area contributed by atoms with Gasteiger partial charge in [-0.2, -0.15) is 0 Å². The minimum atomic E-state index is -0.830. The van der Waals surface area contributed by atoms with E-state index in [2.05, 4.69) is 4.98 Å². The van der Waals surface area contributed by atoms with E-state index >= 15 is 0 Å². The average molecular weight is 507 g/mol. The Hall–Kier alpha value is -4.91. The van der Waals surface area contributed by atoms with Crippen LogP contribution in [0.5, 0.6) is 17.2 Å². The molecule has 190 valence electrons. The lowest BCUT2D eigenvalue weighted by molar-refractivity contribution is -0.140. The molecule has 1 amide bonds. The molecule has 1 aromatic heterocycles. The lowest BCUT2D eigenvalue weighted by atomic mass is 9.93. The van der Waals surface area contributed by atoms with Gasteiger partial charge in [-0.3, -0.25) is 14.6 Å². The number of para-hydroxylation sites is 1. The van der Waals surface area contributed by atoms with E-state index in [9.17, 15) is 14.7 Å². The fourth-order valence-corrected chi connectivity index (χ4v) is 4.62. The second kappa shape index (κ2) is 10.6. The predicted molar refractivity (Wildman–Crippen MR) is 143 cm³/mol. The zero-order chi connectivity index (χ0) is 26.6. The summed E-state index contributed by atoms with van der Waals surface area (Å²) in [5.41, 5.74) is 2.63. The van der Waals surface area contributed by atoms with E-state index in [4.69, 9.17) is 9.47 Å². The summed E-state index contributed by atoms with van der Waals surface area (Å²) in [5, 5.41) is 11.5. The minimum Gasteiger partial charge on any atom is -0.507 e. The number of likely N-dealkylation sites (tertiary alicyclic amines) is 1. The van der Waals surface area contributed by atoms with Crippen molar-refractivity contribution in [2.75, 3.05) is 7.11 Å². The fourth-order valence-electron chi connectivity index (χ4n) is 4.62. The van der Waals surface area contributed by atoms with Crippen molar-refractivity contribution in [3.05, 3.63) is 125 Å². The summed E-state index contributed by atoms with van der Waals surface area (Å²) in [5.74, 6) is 0.160. The van der Waals surface area contributed by atoms with Crippen molar-refractivity contribution in [3.8, 4) is 17.2 Å². The first-order valence-corrected chi connectivity index (χ1v) is 12.1. The number of ether oxygens (including phenoxy) is 2. The third-order valence-corrected chi connectivity index (χ3v) is 6.48. The summed E-state index contributed by atoms with van der Waals surface area (Å²) in [7, 11) is 1.56. The number of nitrogens with zero attached hydrogens (tertiary/aromatic N) is 2. The molecule has 2 heterocycles. The zero-order valence-corrected chi connectivity index (χ0v) is 21.0. The molecule has 0 spiro atoms. The van der Waals surface area contributed by atoms with Crippen LogP contribution < -0.4 is 9.47 Å². The fraction of sp³-hybridized carbons (Fsp3) is 0.129. The third kappa shape index (κ3) is 4.86. The first-order valence-electron chi connectivity index (χ1n) is 12.1. The number of carbonyl (C=O) groups is 2. The van der Waals surface area contributed by atoms with Crippen LogP contribution in [0, 0.1) is 6.92 Å². The van der Waals surface area contributed by atoms with Crippen molar-refractivity contribution in [3.63, 3.8) is 0 Å². The molecular formula is C31H26N2O5. The number of amides is 1. The topological polar surface area (TPSA) is 89.0 Å². The van der Waals surface area contributed by atoms with Gasteiger partial charge in [0.05, 0.1) is 18.7 Å². The summed E-state index contributed by atoms with van der Waals surface area (Å²) < 4.78 is 11.3. The highest BCUT2D eigenvalue weighted by Crippen LogP contribution is 2.42. The number of aryl methyl sites for hydroxylation is 1. The van der Waals surface area contributed by atoms with E-state index < -0.39 is 17.7 Å². The predicted octanol–water partition coefficient (Wildman–Crippen LogP) is 5.81. The highest BCUT2D eigenvalue weighted by atomic mass is 16.5. The number of rotatable bonds is 7. The molecule has 7 heteroatoms. The largest absolute Gasteiger partial charge is 0.507 e. The van der Waals surface area contributed by atoms with Crippen LogP contribution >= 0.6 is 0 Å². The van der Waals surface area contributed by atoms with Crippen molar-refractivity contribution >= 4 is 17.4 Å². The SMILES string of the molecule is COc1ccc(/C(O)=C2\C(=O)C(=O)N(Cc3ccncc3)C2c2cccc(Oc3ccccc3)c2)c(C)c1. The van der Waals surface area contributed by atoms with E-state index in [1.807, 2.05) is 43.3 Å². The molecule has 1 fully saturated rings. The molecule has 0 bridgehead atoms. The van der Waals surface area contributed by atoms with Crippen LogP contribution in [0.15, 0.2) is 103 Å². The number of aliphatic hydroxyl groups excluding tert-OH is 1. The monoisotopic (exact) mass is 506 g/mol. The van der Waals surface area contributed by atoms with Crippen LogP contribution in [-0.4, -0.2) is 33.8 Å². The summed E-state index contributed by atoms with van der Waals surface area (Å²) in [6, 6.07) is 24.5. The van der Waals surface area contributed by atoms with E-state index in [1.54, 1.807) is 68.0 Å². The van der Waals surface area contributed by atoms with Crippen molar-refractivity contribution in [1.82, 2.24) is 9.88 Å². The van der Waals surface area contributed by atoms with Crippen LogP contribution in [0.4, 0.5) is 0 Å². The van der Waals surface area contributed by atoms with Crippen molar-refractivity contribution in [2.45, 2.75) is 19.5 Å². The maximum Gasteiger partial charge on any atom is 0.295 e. The number of Topliss-reactive ketones (excluding diaryl/α,β-unsaturated/α-hetero) is 1. The Bertz CT molecular complexity index is 1520. The normalized spacial score (nSPS) is 16.5. The number of methoxy groups -OCH3 is 1. The number of aromatic nitrogens is 1. The first-order chi connectivity index (χ1) is 18.5. The molecule has 7 nitrogen and oxygen atoms in total. The Labute approximate surface area is 220 Å². The maximum atomic E-state index is 13.4. The molecule has 1 N–H and O–H groups in total. The Morgan fingerprint density at radius 2 is 1.63 bits per heavy atom. The van der Waals surface area contributed by atoms with Crippen LogP contribution in [0.2, 0.25) is 0 Å².